The van der Waals surface area contributed by atoms with Gasteiger partial charge in [0.05, 0.1) is 0 Å². The summed E-state index contributed by atoms with van der Waals surface area (Å²) in [6.45, 7) is 11.7. The SMILES string of the molecule is CCn1c2ccc(/C=C/c3ccc(N(c4ccc(C)cc4)c4ccc(C)cc4)cc3)cc2c2cc(/C=C/c3ccc(N(c4ccc(C)cc4)c4ccc(C)cc4)cc3)ccc21. The number of hydrogen-bond acceptors (Lipinski definition) is 2. The van der Waals surface area contributed by atoms with Crippen molar-refractivity contribution in [3.05, 3.63) is 226 Å². The fourth-order valence-electron chi connectivity index (χ4n) is 8.21. The molecule has 0 aliphatic carbocycles. The van der Waals surface area contributed by atoms with E-state index in [9.17, 15) is 0 Å². The topological polar surface area (TPSA) is 11.4 Å². The second kappa shape index (κ2) is 17.1. The fourth-order valence-corrected chi connectivity index (χ4v) is 8.21. The number of benzene rings is 8. The van der Waals surface area contributed by atoms with Crippen molar-refractivity contribution in [2.24, 2.45) is 0 Å². The Kier molecular flexibility index (Phi) is 11.0. The molecule has 3 nitrogen and oxygen atoms in total. The van der Waals surface area contributed by atoms with Crippen molar-refractivity contribution in [3.63, 3.8) is 0 Å². The van der Waals surface area contributed by atoms with Gasteiger partial charge in [-0.25, -0.2) is 0 Å². The third-order valence-electron chi connectivity index (χ3n) is 11.6. The van der Waals surface area contributed by atoms with Crippen molar-refractivity contribution in [1.82, 2.24) is 4.57 Å². The quantitative estimate of drug-likeness (QED) is 0.121. The second-order valence-corrected chi connectivity index (χ2v) is 16.2. The van der Waals surface area contributed by atoms with Crippen LogP contribution in [0.2, 0.25) is 0 Å². The minimum absolute atomic E-state index is 0.910. The van der Waals surface area contributed by atoms with Gasteiger partial charge in [0, 0.05) is 62.5 Å². The smallest absolute Gasteiger partial charge is 0.0491 e. The number of aryl methyl sites for hydroxylation is 5. The summed E-state index contributed by atoms with van der Waals surface area (Å²) in [6.07, 6.45) is 8.89. The number of anilines is 6. The highest BCUT2D eigenvalue weighted by Gasteiger charge is 2.15. The second-order valence-electron chi connectivity index (χ2n) is 16.2. The van der Waals surface area contributed by atoms with Crippen molar-refractivity contribution in [2.75, 3.05) is 9.80 Å². The zero-order valence-electron chi connectivity index (χ0n) is 35.7. The molecular weight excluding hydrogens is 739 g/mol. The minimum Gasteiger partial charge on any atom is -0.341 e. The fraction of sp³-hybridized carbons (Fsp3) is 0.103. The van der Waals surface area contributed by atoms with Crippen LogP contribution < -0.4 is 9.80 Å². The van der Waals surface area contributed by atoms with E-state index in [1.165, 1.54) is 55.2 Å². The number of nitrogens with zero attached hydrogens (tertiary/aromatic N) is 3. The molecule has 1 heterocycles. The van der Waals surface area contributed by atoms with Gasteiger partial charge in [-0.3, -0.25) is 0 Å². The number of aromatic nitrogens is 1. The first-order valence-corrected chi connectivity index (χ1v) is 21.3. The van der Waals surface area contributed by atoms with E-state index in [0.29, 0.717) is 0 Å². The zero-order chi connectivity index (χ0) is 41.9. The molecule has 1 aromatic heterocycles. The Morgan fingerprint density at radius 1 is 0.328 bits per heavy atom. The summed E-state index contributed by atoms with van der Waals surface area (Å²) in [4.78, 5) is 4.63. The van der Waals surface area contributed by atoms with Crippen LogP contribution in [0.4, 0.5) is 34.1 Å². The molecular formula is C58H51N3. The summed E-state index contributed by atoms with van der Waals surface area (Å²) >= 11 is 0. The normalized spacial score (nSPS) is 11.6. The Bertz CT molecular complexity index is 2690. The standard InChI is InChI=1S/C58H51N3/c1-6-59-57-37-23-47(17-15-45-19-33-53(34-20-45)60(49-25-7-41(2)8-26-49)50-27-9-42(3)10-28-50)39-55(57)56-40-48(24-38-58(56)59)18-16-46-21-35-54(36-22-46)61(51-29-11-43(4)12-30-51)52-31-13-44(5)14-32-52/h7-40H,6H2,1-5H3/b17-15+,18-16+. The Balaban J connectivity index is 0.964. The van der Waals surface area contributed by atoms with E-state index in [-0.39, 0.29) is 0 Å². The van der Waals surface area contributed by atoms with E-state index >= 15 is 0 Å². The molecule has 0 amide bonds. The molecule has 0 atom stereocenters. The van der Waals surface area contributed by atoms with Gasteiger partial charge in [0.25, 0.3) is 0 Å². The van der Waals surface area contributed by atoms with Gasteiger partial charge in [-0.2, -0.15) is 0 Å². The lowest BCUT2D eigenvalue weighted by Crippen LogP contribution is -2.09. The van der Waals surface area contributed by atoms with Crippen molar-refractivity contribution < 1.29 is 0 Å². The molecule has 0 spiro atoms. The molecule has 0 bridgehead atoms. The number of rotatable bonds is 11. The molecule has 0 N–H and O–H groups in total. The third-order valence-corrected chi connectivity index (χ3v) is 11.6. The molecule has 0 aliphatic rings. The molecule has 0 saturated carbocycles. The lowest BCUT2D eigenvalue weighted by molar-refractivity contribution is 0.827. The average molecular weight is 790 g/mol. The molecule has 0 radical (unpaired) electrons. The lowest BCUT2D eigenvalue weighted by Gasteiger charge is -2.25. The molecule has 298 valence electrons. The van der Waals surface area contributed by atoms with Crippen molar-refractivity contribution in [1.29, 1.82) is 0 Å². The summed E-state index contributed by atoms with van der Waals surface area (Å²) < 4.78 is 2.42. The van der Waals surface area contributed by atoms with Crippen molar-refractivity contribution >= 4 is 80.2 Å². The Labute approximate surface area is 360 Å². The van der Waals surface area contributed by atoms with E-state index in [4.69, 9.17) is 0 Å². The van der Waals surface area contributed by atoms with Gasteiger partial charge in [-0.15, -0.1) is 0 Å². The number of hydrogen-bond donors (Lipinski definition) is 0. The first kappa shape index (κ1) is 39.1. The Morgan fingerprint density at radius 3 is 0.852 bits per heavy atom. The predicted octanol–water partition coefficient (Wildman–Crippen LogP) is 16.3. The Hall–Kier alpha value is -7.36. The maximum absolute atomic E-state index is 2.42. The van der Waals surface area contributed by atoms with Crippen LogP contribution in [0.15, 0.2) is 182 Å². The molecule has 0 unspecified atom stereocenters. The van der Waals surface area contributed by atoms with Crippen LogP contribution in [-0.4, -0.2) is 4.57 Å². The highest BCUT2D eigenvalue weighted by Crippen LogP contribution is 2.37. The molecule has 0 saturated heterocycles. The third kappa shape index (κ3) is 8.42. The Morgan fingerprint density at radius 2 is 0.574 bits per heavy atom. The van der Waals surface area contributed by atoms with E-state index in [2.05, 4.69) is 255 Å². The lowest BCUT2D eigenvalue weighted by atomic mass is 10.0. The molecule has 9 rings (SSSR count). The van der Waals surface area contributed by atoms with E-state index in [1.807, 2.05) is 0 Å². The van der Waals surface area contributed by atoms with Gasteiger partial charge < -0.3 is 14.4 Å². The van der Waals surface area contributed by atoms with Crippen LogP contribution in [0.25, 0.3) is 46.1 Å². The zero-order valence-corrected chi connectivity index (χ0v) is 35.7. The van der Waals surface area contributed by atoms with Crippen LogP contribution in [0, 0.1) is 27.7 Å². The van der Waals surface area contributed by atoms with Crippen LogP contribution in [0.5, 0.6) is 0 Å². The van der Waals surface area contributed by atoms with Gasteiger partial charge in [-0.1, -0.05) is 131 Å². The van der Waals surface area contributed by atoms with E-state index in [1.54, 1.807) is 0 Å². The highest BCUT2D eigenvalue weighted by molar-refractivity contribution is 6.09. The molecule has 3 heteroatoms. The van der Waals surface area contributed by atoms with Crippen LogP contribution >= 0.6 is 0 Å². The summed E-state index contributed by atoms with van der Waals surface area (Å²) in [5, 5.41) is 2.54. The van der Waals surface area contributed by atoms with Gasteiger partial charge >= 0.3 is 0 Å². The molecule has 0 aliphatic heterocycles. The summed E-state index contributed by atoms with van der Waals surface area (Å²) in [7, 11) is 0. The van der Waals surface area contributed by atoms with Crippen molar-refractivity contribution in [2.45, 2.75) is 41.2 Å². The van der Waals surface area contributed by atoms with Crippen LogP contribution in [0.3, 0.4) is 0 Å². The minimum atomic E-state index is 0.910. The predicted molar refractivity (Wildman–Crippen MR) is 264 cm³/mol. The monoisotopic (exact) mass is 789 g/mol. The maximum Gasteiger partial charge on any atom is 0.0491 e. The summed E-state index contributed by atoms with van der Waals surface area (Å²) in [5.41, 5.74) is 19.0. The van der Waals surface area contributed by atoms with Crippen LogP contribution in [-0.2, 0) is 6.54 Å². The van der Waals surface area contributed by atoms with Gasteiger partial charge in [0.15, 0.2) is 0 Å². The van der Waals surface area contributed by atoms with Gasteiger partial charge in [0.2, 0.25) is 0 Å². The molecule has 8 aromatic carbocycles. The molecule has 9 aromatic rings. The largest absolute Gasteiger partial charge is 0.341 e. The number of fused-ring (bicyclic) bond motifs is 3. The van der Waals surface area contributed by atoms with E-state index < -0.39 is 0 Å². The molecule has 61 heavy (non-hydrogen) atoms. The van der Waals surface area contributed by atoms with Crippen LogP contribution in [0.1, 0.15) is 51.4 Å². The summed E-state index contributed by atoms with van der Waals surface area (Å²) in [5.74, 6) is 0. The highest BCUT2D eigenvalue weighted by atomic mass is 15.1. The first-order valence-electron chi connectivity index (χ1n) is 21.3. The van der Waals surface area contributed by atoms with Gasteiger partial charge in [-0.05, 0) is 154 Å². The molecule has 0 fully saturated rings. The van der Waals surface area contributed by atoms with Gasteiger partial charge in [0.1, 0.15) is 0 Å². The first-order chi connectivity index (χ1) is 29.8. The average Bonchev–Trinajstić information content (AvgIpc) is 3.60. The summed E-state index contributed by atoms with van der Waals surface area (Å²) in [6, 6.07) is 66.3. The van der Waals surface area contributed by atoms with E-state index in [0.717, 1.165) is 51.8 Å². The maximum atomic E-state index is 2.42. The van der Waals surface area contributed by atoms with Crippen molar-refractivity contribution in [3.8, 4) is 0 Å².